The van der Waals surface area contributed by atoms with E-state index < -0.39 is 11.7 Å². The highest BCUT2D eigenvalue weighted by Gasteiger charge is 2.38. The fraction of sp³-hybridized carbons (Fsp3) is 0.542. The summed E-state index contributed by atoms with van der Waals surface area (Å²) >= 11 is 1.68. The van der Waals surface area contributed by atoms with Crippen molar-refractivity contribution < 1.29 is 17.6 Å². The molecule has 0 spiro atoms. The molecule has 2 atom stereocenters. The highest BCUT2D eigenvalue weighted by Crippen LogP contribution is 2.35. The van der Waals surface area contributed by atoms with Crippen LogP contribution in [-0.4, -0.2) is 62.6 Å². The Kier molecular flexibility index (Phi) is 9.82. The summed E-state index contributed by atoms with van der Waals surface area (Å²) in [4.78, 5) is 8.92. The van der Waals surface area contributed by atoms with E-state index in [9.17, 15) is 13.2 Å². The molecule has 204 valence electrons. The third kappa shape index (κ3) is 6.38. The van der Waals surface area contributed by atoms with Crippen molar-refractivity contribution >= 4 is 42.3 Å². The van der Waals surface area contributed by atoms with Gasteiger partial charge in [0.15, 0.2) is 17.3 Å². The Bertz CT molecular complexity index is 1160. The topological polar surface area (TPSA) is 63.2 Å². The molecule has 0 saturated carbocycles. The van der Waals surface area contributed by atoms with Gasteiger partial charge in [-0.15, -0.1) is 35.0 Å². The second kappa shape index (κ2) is 12.3. The van der Waals surface area contributed by atoms with E-state index in [1.54, 1.807) is 23.9 Å². The lowest BCUT2D eigenvalue weighted by atomic mass is 9.91. The molecule has 0 bridgehead atoms. The van der Waals surface area contributed by atoms with Crippen LogP contribution in [0.2, 0.25) is 0 Å². The number of thioether (sulfide) groups is 1. The van der Waals surface area contributed by atoms with Gasteiger partial charge in [-0.3, -0.25) is 4.90 Å². The van der Waals surface area contributed by atoms with Crippen LogP contribution in [-0.2, 0) is 13.2 Å². The Morgan fingerprint density at radius 3 is 2.49 bits per heavy atom. The first-order valence-corrected chi connectivity index (χ1v) is 12.9. The van der Waals surface area contributed by atoms with Crippen LogP contribution in [0, 0.1) is 12.8 Å². The van der Waals surface area contributed by atoms with Crippen LogP contribution in [0.3, 0.4) is 0 Å². The zero-order valence-electron chi connectivity index (χ0n) is 20.6. The van der Waals surface area contributed by atoms with Crippen molar-refractivity contribution in [2.24, 2.45) is 13.0 Å². The van der Waals surface area contributed by atoms with Gasteiger partial charge in [-0.05, 0) is 69.5 Å². The van der Waals surface area contributed by atoms with E-state index in [1.807, 2.05) is 18.5 Å². The number of rotatable bonds is 7. The number of anilines is 1. The van der Waals surface area contributed by atoms with E-state index in [0.29, 0.717) is 23.5 Å². The van der Waals surface area contributed by atoms with Crippen molar-refractivity contribution in [1.82, 2.24) is 24.6 Å². The number of fused-ring (bicyclic) bond motifs is 1. The molecule has 3 aromatic rings. The third-order valence-corrected chi connectivity index (χ3v) is 8.25. The number of hydrogen-bond acceptors (Lipinski definition) is 7. The van der Waals surface area contributed by atoms with Gasteiger partial charge in [0.2, 0.25) is 5.82 Å². The molecule has 7 nitrogen and oxygen atoms in total. The van der Waals surface area contributed by atoms with Gasteiger partial charge >= 0.3 is 6.18 Å². The summed E-state index contributed by atoms with van der Waals surface area (Å²) in [6, 6.07) is 6.04. The van der Waals surface area contributed by atoms with Gasteiger partial charge in [0.1, 0.15) is 0 Å². The SMILES string of the molecule is Cc1ncoc1-c1nnc(SCCCN2CCC3CCN(c4ccc(C(F)(F)F)cc4)CC32)n1C.Cl.Cl. The van der Waals surface area contributed by atoms with Gasteiger partial charge < -0.3 is 13.9 Å². The summed E-state index contributed by atoms with van der Waals surface area (Å²) in [5.74, 6) is 2.91. The largest absolute Gasteiger partial charge is 0.440 e. The number of piperidine rings is 1. The number of aromatic nitrogens is 4. The first kappa shape index (κ1) is 29.6. The van der Waals surface area contributed by atoms with Crippen molar-refractivity contribution in [3.05, 3.63) is 41.9 Å². The van der Waals surface area contributed by atoms with Crippen LogP contribution in [0.4, 0.5) is 18.9 Å². The molecule has 2 aliphatic rings. The Labute approximate surface area is 231 Å². The van der Waals surface area contributed by atoms with Crippen molar-refractivity contribution in [3.63, 3.8) is 0 Å². The third-order valence-electron chi connectivity index (χ3n) is 7.14. The molecule has 13 heteroatoms. The van der Waals surface area contributed by atoms with Gasteiger partial charge in [0.05, 0.1) is 11.3 Å². The molecule has 2 unspecified atom stereocenters. The Morgan fingerprint density at radius 2 is 1.81 bits per heavy atom. The fourth-order valence-corrected chi connectivity index (χ4v) is 6.02. The zero-order valence-corrected chi connectivity index (χ0v) is 23.1. The number of oxazole rings is 1. The van der Waals surface area contributed by atoms with Gasteiger partial charge in [0.25, 0.3) is 0 Å². The molecule has 2 fully saturated rings. The average molecular weight is 580 g/mol. The molecule has 0 N–H and O–H groups in total. The number of halogens is 5. The number of aryl methyl sites for hydroxylation is 1. The molecule has 37 heavy (non-hydrogen) atoms. The minimum absolute atomic E-state index is 0. The summed E-state index contributed by atoms with van der Waals surface area (Å²) in [5, 5.41) is 9.42. The fourth-order valence-electron chi connectivity index (χ4n) is 5.19. The summed E-state index contributed by atoms with van der Waals surface area (Å²) in [7, 11) is 1.93. The first-order valence-electron chi connectivity index (χ1n) is 11.9. The molecule has 0 aliphatic carbocycles. The maximum absolute atomic E-state index is 12.9. The molecule has 2 aliphatic heterocycles. The van der Waals surface area contributed by atoms with Gasteiger partial charge in [-0.1, -0.05) is 11.8 Å². The zero-order chi connectivity index (χ0) is 24.6. The van der Waals surface area contributed by atoms with Crippen LogP contribution in [0.15, 0.2) is 40.2 Å². The monoisotopic (exact) mass is 578 g/mol. The summed E-state index contributed by atoms with van der Waals surface area (Å²) < 4.78 is 46.1. The van der Waals surface area contributed by atoms with Crippen LogP contribution >= 0.6 is 36.6 Å². The van der Waals surface area contributed by atoms with E-state index in [1.165, 1.54) is 24.9 Å². The van der Waals surface area contributed by atoms with E-state index in [2.05, 4.69) is 25.0 Å². The lowest BCUT2D eigenvalue weighted by molar-refractivity contribution is -0.137. The minimum Gasteiger partial charge on any atom is -0.440 e. The summed E-state index contributed by atoms with van der Waals surface area (Å²) in [5.41, 5.74) is 1.07. The first-order chi connectivity index (χ1) is 16.8. The Balaban J connectivity index is 0.00000190. The van der Waals surface area contributed by atoms with E-state index in [4.69, 9.17) is 4.42 Å². The minimum atomic E-state index is -4.30. The van der Waals surface area contributed by atoms with Gasteiger partial charge in [-0.2, -0.15) is 13.2 Å². The van der Waals surface area contributed by atoms with Crippen molar-refractivity contribution in [2.75, 3.05) is 36.8 Å². The second-order valence-electron chi connectivity index (χ2n) is 9.27. The number of likely N-dealkylation sites (tertiary alicyclic amines) is 1. The van der Waals surface area contributed by atoms with Crippen LogP contribution < -0.4 is 4.90 Å². The second-order valence-corrected chi connectivity index (χ2v) is 10.3. The quantitative estimate of drug-likeness (QED) is 0.262. The predicted molar refractivity (Wildman–Crippen MR) is 143 cm³/mol. The molecule has 0 amide bonds. The maximum atomic E-state index is 12.9. The Morgan fingerprint density at radius 1 is 1.08 bits per heavy atom. The number of nitrogens with zero attached hydrogens (tertiary/aromatic N) is 6. The normalized spacial score (nSPS) is 19.9. The lowest BCUT2D eigenvalue weighted by Gasteiger charge is -2.40. The van der Waals surface area contributed by atoms with Crippen molar-refractivity contribution in [3.8, 4) is 11.6 Å². The predicted octanol–water partition coefficient (Wildman–Crippen LogP) is 5.72. The molecule has 4 heterocycles. The number of benzene rings is 1. The molecule has 5 rings (SSSR count). The van der Waals surface area contributed by atoms with E-state index >= 15 is 0 Å². The number of alkyl halides is 3. The number of hydrogen-bond donors (Lipinski definition) is 0. The average Bonchev–Trinajstić information content (AvgIpc) is 3.54. The van der Waals surface area contributed by atoms with E-state index in [0.717, 1.165) is 61.3 Å². The standard InChI is InChI=1S/C24H29F3N6OS.2ClH/c1-16-21(34-15-28-16)22-29-30-23(31(22)2)35-13-3-10-32-11-8-17-9-12-33(14-20(17)32)19-6-4-18(5-7-19)24(25,26)27;;/h4-7,15,17,20H,3,8-14H2,1-2H3;2*1H. The lowest BCUT2D eigenvalue weighted by Crippen LogP contribution is -2.48. The van der Waals surface area contributed by atoms with Gasteiger partial charge in [0, 0.05) is 37.6 Å². The Hall–Kier alpha value is -1.95. The van der Waals surface area contributed by atoms with Crippen molar-refractivity contribution in [2.45, 2.75) is 43.6 Å². The molecule has 1 aromatic carbocycles. The van der Waals surface area contributed by atoms with Crippen LogP contribution in [0.5, 0.6) is 0 Å². The molecule has 0 radical (unpaired) electrons. The smallest absolute Gasteiger partial charge is 0.416 e. The van der Waals surface area contributed by atoms with Crippen molar-refractivity contribution in [1.29, 1.82) is 0 Å². The maximum Gasteiger partial charge on any atom is 0.416 e. The molecular weight excluding hydrogens is 548 g/mol. The highest BCUT2D eigenvalue weighted by molar-refractivity contribution is 7.99. The van der Waals surface area contributed by atoms with Gasteiger partial charge in [-0.25, -0.2) is 4.98 Å². The molecule has 2 aromatic heterocycles. The van der Waals surface area contributed by atoms with E-state index in [-0.39, 0.29) is 24.8 Å². The van der Waals surface area contributed by atoms with Crippen LogP contribution in [0.25, 0.3) is 11.6 Å². The van der Waals surface area contributed by atoms with Crippen LogP contribution in [0.1, 0.15) is 30.5 Å². The summed E-state index contributed by atoms with van der Waals surface area (Å²) in [6.45, 7) is 5.73. The summed E-state index contributed by atoms with van der Waals surface area (Å²) in [6.07, 6.45) is 0.423. The molecule has 2 saturated heterocycles. The highest BCUT2D eigenvalue weighted by atomic mass is 35.5. The molecular formula is C24H31Cl2F3N6OS.